The van der Waals surface area contributed by atoms with Gasteiger partial charge in [-0.25, -0.2) is 12.7 Å². The lowest BCUT2D eigenvalue weighted by Gasteiger charge is -2.16. The first-order valence-corrected chi connectivity index (χ1v) is 10.7. The second-order valence-electron chi connectivity index (χ2n) is 6.87. The van der Waals surface area contributed by atoms with Crippen LogP contribution in [0.2, 0.25) is 0 Å². The Morgan fingerprint density at radius 1 is 1.03 bits per heavy atom. The number of fused-ring (bicyclic) bond motifs is 1. The summed E-state index contributed by atoms with van der Waals surface area (Å²) in [6.07, 6.45) is 1.21. The number of anilines is 2. The van der Waals surface area contributed by atoms with Crippen LogP contribution in [0.4, 0.5) is 11.4 Å². The molecule has 2 heterocycles. The quantitative estimate of drug-likeness (QED) is 0.807. The van der Waals surface area contributed by atoms with Gasteiger partial charge in [0.25, 0.3) is 15.9 Å². The lowest BCUT2D eigenvalue weighted by molar-refractivity contribution is -0.117. The van der Waals surface area contributed by atoms with E-state index in [0.29, 0.717) is 18.7 Å². The fraction of sp³-hybridized carbons (Fsp3) is 0.250. The molecule has 29 heavy (non-hydrogen) atoms. The van der Waals surface area contributed by atoms with Gasteiger partial charge in [-0.2, -0.15) is 0 Å². The van der Waals surface area contributed by atoms with Gasteiger partial charge >= 0.3 is 0 Å². The van der Waals surface area contributed by atoms with Crippen LogP contribution in [0.5, 0.6) is 0 Å². The molecule has 0 unspecified atom stereocenters. The topological polar surface area (TPSA) is 104 Å². The molecule has 4 rings (SSSR count). The number of carbonyl (C=O) groups is 3. The van der Waals surface area contributed by atoms with Crippen molar-refractivity contribution < 1.29 is 22.8 Å². The molecule has 1 fully saturated rings. The fourth-order valence-corrected chi connectivity index (χ4v) is 5.09. The summed E-state index contributed by atoms with van der Waals surface area (Å²) in [6, 6.07) is 12.9. The normalized spacial score (nSPS) is 17.5. The standard InChI is InChI=1S/C20H19N3O5S/c24-18(21-14-7-9-15(10-8-14)22-12-3-6-19(22)25)11-13-23-20(26)16-4-1-2-5-17(16)29(23,27)28/h1-2,4-5,7-10H,3,6,11-13H2,(H,21,24). The highest BCUT2D eigenvalue weighted by Gasteiger charge is 2.40. The van der Waals surface area contributed by atoms with Crippen LogP contribution in [0, 0.1) is 0 Å². The van der Waals surface area contributed by atoms with Gasteiger partial charge in [-0.05, 0) is 42.8 Å². The Labute approximate surface area is 168 Å². The minimum absolute atomic E-state index is 0.0301. The minimum Gasteiger partial charge on any atom is -0.326 e. The molecule has 8 nitrogen and oxygen atoms in total. The van der Waals surface area contributed by atoms with Crippen molar-refractivity contribution in [3.8, 4) is 0 Å². The molecule has 0 saturated carbocycles. The third-order valence-corrected chi connectivity index (χ3v) is 6.83. The van der Waals surface area contributed by atoms with Crippen LogP contribution in [0.25, 0.3) is 0 Å². The summed E-state index contributed by atoms with van der Waals surface area (Å²) < 4.78 is 25.7. The molecule has 2 aromatic rings. The zero-order valence-corrected chi connectivity index (χ0v) is 16.3. The van der Waals surface area contributed by atoms with E-state index in [0.717, 1.165) is 16.4 Å². The van der Waals surface area contributed by atoms with E-state index in [-0.39, 0.29) is 29.3 Å². The largest absolute Gasteiger partial charge is 0.326 e. The first-order chi connectivity index (χ1) is 13.9. The molecule has 3 amide bonds. The fourth-order valence-electron chi connectivity index (χ4n) is 3.52. The summed E-state index contributed by atoms with van der Waals surface area (Å²) in [6.45, 7) is 0.452. The Hall–Kier alpha value is -3.20. The molecule has 1 N–H and O–H groups in total. The van der Waals surface area contributed by atoms with Crippen LogP contribution in [-0.2, 0) is 19.6 Å². The molecule has 2 aliphatic rings. The summed E-state index contributed by atoms with van der Waals surface area (Å²) in [5.41, 5.74) is 1.43. The summed E-state index contributed by atoms with van der Waals surface area (Å²) in [7, 11) is -3.92. The molecule has 9 heteroatoms. The molecule has 0 spiro atoms. The molecule has 150 valence electrons. The summed E-state index contributed by atoms with van der Waals surface area (Å²) in [4.78, 5) is 38.1. The molecule has 2 aliphatic heterocycles. The number of carbonyl (C=O) groups excluding carboxylic acids is 3. The van der Waals surface area contributed by atoms with E-state index in [2.05, 4.69) is 5.32 Å². The minimum atomic E-state index is -3.92. The van der Waals surface area contributed by atoms with Crippen molar-refractivity contribution in [3.05, 3.63) is 54.1 Å². The van der Waals surface area contributed by atoms with E-state index in [1.807, 2.05) is 0 Å². The van der Waals surface area contributed by atoms with Crippen molar-refractivity contribution in [2.45, 2.75) is 24.2 Å². The van der Waals surface area contributed by atoms with E-state index in [1.165, 1.54) is 12.1 Å². The van der Waals surface area contributed by atoms with E-state index < -0.39 is 21.8 Å². The highest BCUT2D eigenvalue weighted by atomic mass is 32.2. The number of hydrogen-bond donors (Lipinski definition) is 1. The van der Waals surface area contributed by atoms with Gasteiger partial charge in [0.1, 0.15) is 4.90 Å². The maximum Gasteiger partial charge on any atom is 0.269 e. The smallest absolute Gasteiger partial charge is 0.269 e. The molecule has 0 aliphatic carbocycles. The zero-order chi connectivity index (χ0) is 20.6. The Kier molecular flexibility index (Phi) is 4.83. The van der Waals surface area contributed by atoms with Crippen LogP contribution >= 0.6 is 0 Å². The number of rotatable bonds is 5. The van der Waals surface area contributed by atoms with Crippen LogP contribution in [0.1, 0.15) is 29.6 Å². The van der Waals surface area contributed by atoms with E-state index in [9.17, 15) is 22.8 Å². The van der Waals surface area contributed by atoms with Gasteiger partial charge in [0.2, 0.25) is 11.8 Å². The second-order valence-corrected chi connectivity index (χ2v) is 8.70. The van der Waals surface area contributed by atoms with E-state index in [1.54, 1.807) is 41.3 Å². The molecule has 0 radical (unpaired) electrons. The third kappa shape index (κ3) is 3.49. The number of amides is 3. The molecule has 0 aromatic heterocycles. The van der Waals surface area contributed by atoms with Gasteiger partial charge in [-0.15, -0.1) is 0 Å². The maximum atomic E-state index is 12.5. The Balaban J connectivity index is 1.37. The molecule has 0 atom stereocenters. The lowest BCUT2D eigenvalue weighted by Crippen LogP contribution is -2.33. The van der Waals surface area contributed by atoms with Gasteiger partial charge in [0.15, 0.2) is 0 Å². The number of nitrogens with one attached hydrogen (secondary N) is 1. The average molecular weight is 413 g/mol. The second kappa shape index (κ2) is 7.32. The van der Waals surface area contributed by atoms with Crippen LogP contribution in [0.3, 0.4) is 0 Å². The van der Waals surface area contributed by atoms with Gasteiger partial charge in [0.05, 0.1) is 5.56 Å². The van der Waals surface area contributed by atoms with Crippen LogP contribution in [-0.4, -0.2) is 43.5 Å². The molecular formula is C20H19N3O5S. The number of nitrogens with zero attached hydrogens (tertiary/aromatic N) is 2. The molecule has 0 bridgehead atoms. The first kappa shape index (κ1) is 19.1. The SMILES string of the molecule is O=C(CCN1C(=O)c2ccccc2S1(=O)=O)Nc1ccc(N2CCCC2=O)cc1. The van der Waals surface area contributed by atoms with Gasteiger partial charge < -0.3 is 10.2 Å². The lowest BCUT2D eigenvalue weighted by atomic mass is 10.2. The Morgan fingerprint density at radius 2 is 1.76 bits per heavy atom. The summed E-state index contributed by atoms with van der Waals surface area (Å²) in [5, 5.41) is 2.68. The van der Waals surface area contributed by atoms with Crippen LogP contribution in [0.15, 0.2) is 53.4 Å². The van der Waals surface area contributed by atoms with Crippen molar-refractivity contribution in [1.29, 1.82) is 0 Å². The van der Waals surface area contributed by atoms with Gasteiger partial charge in [-0.3, -0.25) is 14.4 Å². The van der Waals surface area contributed by atoms with Gasteiger partial charge in [0, 0.05) is 37.3 Å². The average Bonchev–Trinajstić information content (AvgIpc) is 3.21. The molecule has 2 aromatic carbocycles. The summed E-state index contributed by atoms with van der Waals surface area (Å²) in [5.74, 6) is -0.943. The van der Waals surface area contributed by atoms with Crippen LogP contribution < -0.4 is 10.2 Å². The van der Waals surface area contributed by atoms with Crippen molar-refractivity contribution >= 4 is 39.1 Å². The third-order valence-electron chi connectivity index (χ3n) is 4.99. The zero-order valence-electron chi connectivity index (χ0n) is 15.5. The highest BCUT2D eigenvalue weighted by molar-refractivity contribution is 7.90. The van der Waals surface area contributed by atoms with Crippen molar-refractivity contribution in [3.63, 3.8) is 0 Å². The number of benzene rings is 2. The molecular weight excluding hydrogens is 394 g/mol. The molecule has 1 saturated heterocycles. The Bertz CT molecular complexity index is 1100. The summed E-state index contributed by atoms with van der Waals surface area (Å²) >= 11 is 0. The highest BCUT2D eigenvalue weighted by Crippen LogP contribution is 2.30. The van der Waals surface area contributed by atoms with Gasteiger partial charge in [-0.1, -0.05) is 12.1 Å². The van der Waals surface area contributed by atoms with Crippen molar-refractivity contribution in [2.75, 3.05) is 23.3 Å². The van der Waals surface area contributed by atoms with E-state index in [4.69, 9.17) is 0 Å². The maximum absolute atomic E-state index is 12.5. The first-order valence-electron chi connectivity index (χ1n) is 9.24. The monoisotopic (exact) mass is 413 g/mol. The number of sulfonamides is 1. The van der Waals surface area contributed by atoms with Crippen molar-refractivity contribution in [2.24, 2.45) is 0 Å². The predicted molar refractivity (Wildman–Crippen MR) is 106 cm³/mol. The number of hydrogen-bond acceptors (Lipinski definition) is 5. The van der Waals surface area contributed by atoms with Crippen molar-refractivity contribution in [1.82, 2.24) is 4.31 Å². The van der Waals surface area contributed by atoms with E-state index >= 15 is 0 Å². The Morgan fingerprint density at radius 3 is 2.41 bits per heavy atom. The predicted octanol–water partition coefficient (Wildman–Crippen LogP) is 1.99.